The van der Waals surface area contributed by atoms with Crippen LogP contribution >= 0.6 is 11.6 Å². The third-order valence-electron chi connectivity index (χ3n) is 3.08. The van der Waals surface area contributed by atoms with Crippen molar-refractivity contribution in [2.24, 2.45) is 0 Å². The van der Waals surface area contributed by atoms with Crippen molar-refractivity contribution in [3.63, 3.8) is 0 Å². The van der Waals surface area contributed by atoms with E-state index in [2.05, 4.69) is 5.32 Å². The van der Waals surface area contributed by atoms with E-state index >= 15 is 0 Å². The summed E-state index contributed by atoms with van der Waals surface area (Å²) in [4.78, 5) is 2.03. The Hall–Kier alpha value is -0.800. The maximum Gasteiger partial charge on any atom is 0.148 e. The Kier molecular flexibility index (Phi) is 3.66. The zero-order valence-corrected chi connectivity index (χ0v) is 10.1. The van der Waals surface area contributed by atoms with Gasteiger partial charge in [0, 0.05) is 19.1 Å². The van der Waals surface area contributed by atoms with Gasteiger partial charge in [0.05, 0.1) is 10.7 Å². The lowest BCUT2D eigenvalue weighted by molar-refractivity contribution is 0.445. The number of benzene rings is 1. The Bertz CT molecular complexity index is 350. The minimum atomic E-state index is -0.232. The molecule has 1 heterocycles. The van der Waals surface area contributed by atoms with Crippen molar-refractivity contribution in [2.75, 3.05) is 25.0 Å². The minimum absolute atomic E-state index is 0.232. The lowest BCUT2D eigenvalue weighted by Gasteiger charge is -2.34. The summed E-state index contributed by atoms with van der Waals surface area (Å²) >= 11 is 6.05. The number of piperidine rings is 1. The van der Waals surface area contributed by atoms with Crippen LogP contribution in [-0.2, 0) is 0 Å². The van der Waals surface area contributed by atoms with Gasteiger partial charge in [0.15, 0.2) is 0 Å². The first-order valence-electron chi connectivity index (χ1n) is 5.58. The van der Waals surface area contributed by atoms with Crippen LogP contribution in [0.2, 0.25) is 5.02 Å². The van der Waals surface area contributed by atoms with Gasteiger partial charge < -0.3 is 10.2 Å². The molecule has 0 bridgehead atoms. The minimum Gasteiger partial charge on any atom is -0.366 e. The van der Waals surface area contributed by atoms with Gasteiger partial charge in [0.25, 0.3) is 0 Å². The van der Waals surface area contributed by atoms with E-state index < -0.39 is 0 Å². The van der Waals surface area contributed by atoms with Crippen LogP contribution in [0, 0.1) is 5.82 Å². The number of halogens is 2. The van der Waals surface area contributed by atoms with Gasteiger partial charge in [-0.25, -0.2) is 4.39 Å². The second-order valence-corrected chi connectivity index (χ2v) is 4.55. The van der Waals surface area contributed by atoms with Crippen molar-refractivity contribution in [3.05, 3.63) is 29.0 Å². The lowest BCUT2D eigenvalue weighted by atomic mass is 10.1. The molecule has 0 amide bonds. The average Bonchev–Trinajstić information content (AvgIpc) is 2.29. The van der Waals surface area contributed by atoms with Crippen LogP contribution in [0.4, 0.5) is 10.1 Å². The summed E-state index contributed by atoms with van der Waals surface area (Å²) in [5, 5.41) is 3.73. The number of hydrogen-bond donors (Lipinski definition) is 1. The second kappa shape index (κ2) is 5.02. The summed E-state index contributed by atoms with van der Waals surface area (Å²) in [6.07, 6.45) is 2.20. The molecule has 2 nitrogen and oxygen atoms in total. The van der Waals surface area contributed by atoms with Crippen molar-refractivity contribution in [1.82, 2.24) is 5.32 Å². The zero-order valence-electron chi connectivity index (χ0n) is 9.34. The fraction of sp³-hybridized carbons (Fsp3) is 0.500. The van der Waals surface area contributed by atoms with E-state index in [-0.39, 0.29) is 5.82 Å². The van der Waals surface area contributed by atoms with E-state index in [0.717, 1.165) is 25.9 Å². The molecule has 1 atom stereocenters. The summed E-state index contributed by atoms with van der Waals surface area (Å²) in [6, 6.07) is 5.26. The fourth-order valence-electron chi connectivity index (χ4n) is 2.21. The van der Waals surface area contributed by atoms with Crippen LogP contribution in [0.3, 0.4) is 0 Å². The van der Waals surface area contributed by atoms with Gasteiger partial charge in [0.2, 0.25) is 0 Å². The van der Waals surface area contributed by atoms with Gasteiger partial charge >= 0.3 is 0 Å². The quantitative estimate of drug-likeness (QED) is 0.858. The molecule has 1 fully saturated rings. The molecule has 0 aliphatic carbocycles. The fourth-order valence-corrected chi connectivity index (χ4v) is 2.49. The summed E-state index contributed by atoms with van der Waals surface area (Å²) in [5.74, 6) is -0.232. The molecule has 1 aromatic rings. The van der Waals surface area contributed by atoms with Crippen molar-refractivity contribution < 1.29 is 4.39 Å². The molecule has 1 aliphatic heterocycles. The summed E-state index contributed by atoms with van der Waals surface area (Å²) in [6.45, 7) is 1.69. The molecule has 4 heteroatoms. The lowest BCUT2D eigenvalue weighted by Crippen LogP contribution is -2.44. The number of para-hydroxylation sites is 1. The van der Waals surface area contributed by atoms with E-state index in [9.17, 15) is 4.39 Å². The molecule has 0 spiro atoms. The molecular formula is C12H16ClFN2. The highest BCUT2D eigenvalue weighted by Crippen LogP contribution is 2.30. The first-order chi connectivity index (χ1) is 7.72. The predicted molar refractivity (Wildman–Crippen MR) is 65.7 cm³/mol. The van der Waals surface area contributed by atoms with Crippen molar-refractivity contribution in [2.45, 2.75) is 18.9 Å². The zero-order chi connectivity index (χ0) is 11.5. The average molecular weight is 243 g/mol. The largest absolute Gasteiger partial charge is 0.366 e. The second-order valence-electron chi connectivity index (χ2n) is 4.14. The summed E-state index contributed by atoms with van der Waals surface area (Å²) < 4.78 is 13.7. The first kappa shape index (κ1) is 11.7. The maximum absolute atomic E-state index is 13.7. The third kappa shape index (κ3) is 2.30. The van der Waals surface area contributed by atoms with E-state index in [1.54, 1.807) is 12.1 Å². The number of nitrogens with one attached hydrogen (secondary N) is 1. The normalized spacial score (nSPS) is 21.2. The molecule has 1 unspecified atom stereocenters. The Morgan fingerprint density at radius 1 is 1.50 bits per heavy atom. The molecule has 1 aliphatic rings. The highest BCUT2D eigenvalue weighted by molar-refractivity contribution is 6.33. The summed E-state index contributed by atoms with van der Waals surface area (Å²) in [5.41, 5.74) is 0.545. The maximum atomic E-state index is 13.7. The molecule has 1 N–H and O–H groups in total. The van der Waals surface area contributed by atoms with Crippen LogP contribution in [0.25, 0.3) is 0 Å². The van der Waals surface area contributed by atoms with Crippen molar-refractivity contribution >= 4 is 17.3 Å². The number of anilines is 1. The first-order valence-corrected chi connectivity index (χ1v) is 5.96. The topological polar surface area (TPSA) is 15.3 Å². The number of rotatable bonds is 2. The molecule has 0 saturated carbocycles. The SMILES string of the molecule is CNC1CCCN(c2c(F)cccc2Cl)C1. The molecule has 1 aromatic carbocycles. The molecule has 88 valence electrons. The van der Waals surface area contributed by atoms with Crippen LogP contribution in [-0.4, -0.2) is 26.2 Å². The monoisotopic (exact) mass is 242 g/mol. The Labute approximate surface area is 100 Å². The van der Waals surface area contributed by atoms with E-state index in [4.69, 9.17) is 11.6 Å². The molecule has 0 radical (unpaired) electrons. The Morgan fingerprint density at radius 2 is 2.31 bits per heavy atom. The van der Waals surface area contributed by atoms with Crippen LogP contribution in [0.5, 0.6) is 0 Å². The number of nitrogens with zero attached hydrogens (tertiary/aromatic N) is 1. The van der Waals surface area contributed by atoms with Gasteiger partial charge in [0.1, 0.15) is 5.82 Å². The van der Waals surface area contributed by atoms with Gasteiger partial charge in [-0.1, -0.05) is 17.7 Å². The van der Waals surface area contributed by atoms with Crippen LogP contribution < -0.4 is 10.2 Å². The highest BCUT2D eigenvalue weighted by atomic mass is 35.5. The van der Waals surface area contributed by atoms with Gasteiger partial charge in [-0.05, 0) is 32.0 Å². The Balaban J connectivity index is 2.23. The standard InChI is InChI=1S/C12H16ClFN2/c1-15-9-4-3-7-16(8-9)12-10(13)5-2-6-11(12)14/h2,5-6,9,15H,3-4,7-8H2,1H3. The number of hydrogen-bond acceptors (Lipinski definition) is 2. The number of likely N-dealkylation sites (N-methyl/N-ethyl adjacent to an activating group) is 1. The van der Waals surface area contributed by atoms with Crippen molar-refractivity contribution in [3.8, 4) is 0 Å². The molecular weight excluding hydrogens is 227 g/mol. The van der Waals surface area contributed by atoms with Crippen LogP contribution in [0.1, 0.15) is 12.8 Å². The molecule has 2 rings (SSSR count). The Morgan fingerprint density at radius 3 is 3.00 bits per heavy atom. The van der Waals surface area contributed by atoms with Gasteiger partial charge in [-0.15, -0.1) is 0 Å². The van der Waals surface area contributed by atoms with E-state index in [1.807, 2.05) is 11.9 Å². The third-order valence-corrected chi connectivity index (χ3v) is 3.39. The van der Waals surface area contributed by atoms with E-state index in [0.29, 0.717) is 16.8 Å². The van der Waals surface area contributed by atoms with Crippen LogP contribution in [0.15, 0.2) is 18.2 Å². The molecule has 1 saturated heterocycles. The van der Waals surface area contributed by atoms with Crippen molar-refractivity contribution in [1.29, 1.82) is 0 Å². The predicted octanol–water partition coefficient (Wildman–Crippen LogP) is 2.67. The summed E-state index contributed by atoms with van der Waals surface area (Å²) in [7, 11) is 1.94. The molecule has 16 heavy (non-hydrogen) atoms. The molecule has 0 aromatic heterocycles. The van der Waals surface area contributed by atoms with Gasteiger partial charge in [-0.2, -0.15) is 0 Å². The van der Waals surface area contributed by atoms with Gasteiger partial charge in [-0.3, -0.25) is 0 Å². The highest BCUT2D eigenvalue weighted by Gasteiger charge is 2.22. The van der Waals surface area contributed by atoms with E-state index in [1.165, 1.54) is 6.07 Å². The smallest absolute Gasteiger partial charge is 0.148 e.